The van der Waals surface area contributed by atoms with Gasteiger partial charge >= 0.3 is 7.82 Å². The van der Waals surface area contributed by atoms with E-state index in [-0.39, 0.29) is 13.0 Å². The van der Waals surface area contributed by atoms with Crippen LogP contribution in [0.25, 0.3) is 0 Å². The van der Waals surface area contributed by atoms with Crippen LogP contribution in [0.1, 0.15) is 12.8 Å². The second-order valence-corrected chi connectivity index (χ2v) is 3.44. The maximum Gasteiger partial charge on any atom is 0.469 e. The number of hydrogen-bond donors (Lipinski definition) is 5. The zero-order valence-corrected chi connectivity index (χ0v) is 7.02. The quantitative estimate of drug-likeness (QED) is 0.208. The highest BCUT2D eigenvalue weighted by molar-refractivity contribution is 7.46. The van der Waals surface area contributed by atoms with Gasteiger partial charge in [-0.05, 0) is 6.42 Å². The normalized spacial score (nSPS) is 13.4. The zero-order valence-electron chi connectivity index (χ0n) is 6.12. The third-order valence-electron chi connectivity index (χ3n) is 0.916. The van der Waals surface area contributed by atoms with E-state index in [2.05, 4.69) is 4.52 Å². The molecule has 0 radical (unpaired) electrons. The van der Waals surface area contributed by atoms with Gasteiger partial charge in [0.1, 0.15) is 0 Å². The molecule has 0 fully saturated rings. The lowest BCUT2D eigenvalue weighted by Gasteiger charge is -2.13. The highest BCUT2D eigenvalue weighted by Gasteiger charge is 2.19. The van der Waals surface area contributed by atoms with Gasteiger partial charge in [0.2, 0.25) is 0 Å². The van der Waals surface area contributed by atoms with Crippen molar-refractivity contribution in [3.05, 3.63) is 0 Å². The Bertz CT molecular complexity index is 167. The first kappa shape index (κ1) is 12.0. The summed E-state index contributed by atoms with van der Waals surface area (Å²) in [5.74, 6) is -2.81. The van der Waals surface area contributed by atoms with Gasteiger partial charge in [0.25, 0.3) is 5.97 Å². The Morgan fingerprint density at radius 1 is 1.25 bits per heavy atom. The molecule has 0 bridgehead atoms. The fourth-order valence-corrected chi connectivity index (χ4v) is 0.860. The number of aliphatic hydroxyl groups is 3. The molecule has 0 atom stereocenters. The molecule has 0 aliphatic heterocycles. The SMILES string of the molecule is O=P(O)(O)OCCCC(O)(O)O. The summed E-state index contributed by atoms with van der Waals surface area (Å²) >= 11 is 0. The van der Waals surface area contributed by atoms with Crippen molar-refractivity contribution >= 4 is 7.82 Å². The molecular formula is C4H11O7P. The molecule has 0 aromatic heterocycles. The van der Waals surface area contributed by atoms with E-state index in [4.69, 9.17) is 25.1 Å². The standard InChI is InChI=1S/C4H11O7P/c5-4(6,7)2-1-3-11-12(8,9)10/h5-7H,1-3H2,(H2,8,9,10). The summed E-state index contributed by atoms with van der Waals surface area (Å²) in [4.78, 5) is 16.3. The molecule has 0 heterocycles. The molecule has 74 valence electrons. The Balaban J connectivity index is 3.41. The lowest BCUT2D eigenvalue weighted by atomic mass is 10.3. The topological polar surface area (TPSA) is 127 Å². The fraction of sp³-hybridized carbons (Fsp3) is 1.00. The molecule has 5 N–H and O–H groups in total. The minimum atomic E-state index is -4.49. The maximum absolute atomic E-state index is 10.0. The number of rotatable bonds is 5. The van der Waals surface area contributed by atoms with Gasteiger partial charge in [-0.15, -0.1) is 0 Å². The molecule has 0 saturated carbocycles. The van der Waals surface area contributed by atoms with Crippen LogP contribution in [0.4, 0.5) is 0 Å². The lowest BCUT2D eigenvalue weighted by Crippen LogP contribution is -2.27. The van der Waals surface area contributed by atoms with E-state index >= 15 is 0 Å². The first-order chi connectivity index (χ1) is 5.21. The van der Waals surface area contributed by atoms with Crippen LogP contribution in [0.2, 0.25) is 0 Å². The van der Waals surface area contributed by atoms with Gasteiger partial charge < -0.3 is 25.1 Å². The Kier molecular flexibility index (Phi) is 4.29. The molecule has 0 aliphatic rings. The molecule has 7 nitrogen and oxygen atoms in total. The van der Waals surface area contributed by atoms with Crippen molar-refractivity contribution in [2.45, 2.75) is 18.8 Å². The third-order valence-corrected chi connectivity index (χ3v) is 1.43. The van der Waals surface area contributed by atoms with Crippen LogP contribution < -0.4 is 0 Å². The highest BCUT2D eigenvalue weighted by atomic mass is 31.2. The second kappa shape index (κ2) is 4.29. The minimum absolute atomic E-state index is 0.0748. The minimum Gasteiger partial charge on any atom is -0.344 e. The van der Waals surface area contributed by atoms with Crippen molar-refractivity contribution in [2.75, 3.05) is 6.61 Å². The predicted molar refractivity (Wildman–Crippen MR) is 36.6 cm³/mol. The molecule has 0 amide bonds. The molecule has 8 heteroatoms. The Labute approximate surface area is 68.5 Å². The molecular weight excluding hydrogens is 191 g/mol. The monoisotopic (exact) mass is 202 g/mol. The van der Waals surface area contributed by atoms with E-state index in [1.165, 1.54) is 0 Å². The smallest absolute Gasteiger partial charge is 0.344 e. The average molecular weight is 202 g/mol. The van der Waals surface area contributed by atoms with Crippen molar-refractivity contribution < 1.29 is 34.2 Å². The summed E-state index contributed by atoms with van der Waals surface area (Å²) in [6.07, 6.45) is -0.512. The first-order valence-corrected chi connectivity index (χ1v) is 4.61. The number of phosphoric ester groups is 1. The van der Waals surface area contributed by atoms with Gasteiger partial charge in [0.05, 0.1) is 6.61 Å². The van der Waals surface area contributed by atoms with Crippen LogP contribution in [-0.4, -0.2) is 37.7 Å². The van der Waals surface area contributed by atoms with Gasteiger partial charge in [0, 0.05) is 6.42 Å². The molecule has 0 unspecified atom stereocenters. The summed E-state index contributed by atoms with van der Waals surface area (Å²) in [6.45, 7) is -0.353. The van der Waals surface area contributed by atoms with Crippen molar-refractivity contribution in [2.24, 2.45) is 0 Å². The Hall–Kier alpha value is -0.0100. The van der Waals surface area contributed by atoms with Gasteiger partial charge in [-0.25, -0.2) is 4.57 Å². The molecule has 12 heavy (non-hydrogen) atoms. The predicted octanol–water partition coefficient (Wildman–Crippen LogP) is -1.49. The van der Waals surface area contributed by atoms with Crippen molar-refractivity contribution in [1.82, 2.24) is 0 Å². The second-order valence-electron chi connectivity index (χ2n) is 2.20. The van der Waals surface area contributed by atoms with Crippen LogP contribution >= 0.6 is 7.82 Å². The lowest BCUT2D eigenvalue weighted by molar-refractivity contribution is -0.315. The van der Waals surface area contributed by atoms with Crippen LogP contribution in [0.15, 0.2) is 0 Å². The van der Waals surface area contributed by atoms with Crippen LogP contribution in [0.3, 0.4) is 0 Å². The Morgan fingerprint density at radius 2 is 1.75 bits per heavy atom. The summed E-state index contributed by atoms with van der Waals surface area (Å²) in [5, 5.41) is 24.9. The number of phosphoric acid groups is 1. The maximum atomic E-state index is 10.0. The molecule has 0 aromatic carbocycles. The van der Waals surface area contributed by atoms with E-state index in [9.17, 15) is 4.57 Å². The summed E-state index contributed by atoms with van der Waals surface area (Å²) in [5.41, 5.74) is 0. The highest BCUT2D eigenvalue weighted by Crippen LogP contribution is 2.35. The van der Waals surface area contributed by atoms with Crippen LogP contribution in [-0.2, 0) is 9.09 Å². The van der Waals surface area contributed by atoms with Crippen LogP contribution in [0.5, 0.6) is 0 Å². The molecule has 0 rings (SSSR count). The van der Waals surface area contributed by atoms with E-state index in [1.807, 2.05) is 0 Å². The average Bonchev–Trinajstić information content (AvgIpc) is 1.76. The first-order valence-electron chi connectivity index (χ1n) is 3.08. The van der Waals surface area contributed by atoms with E-state index in [1.54, 1.807) is 0 Å². The van der Waals surface area contributed by atoms with E-state index in [0.717, 1.165) is 0 Å². The zero-order chi connectivity index (χ0) is 9.83. The Morgan fingerprint density at radius 3 is 2.08 bits per heavy atom. The summed E-state index contributed by atoms with van der Waals surface area (Å²) in [6, 6.07) is 0. The van der Waals surface area contributed by atoms with Gasteiger partial charge in [-0.1, -0.05) is 0 Å². The van der Waals surface area contributed by atoms with Gasteiger partial charge in [-0.3, -0.25) is 4.52 Å². The third kappa shape index (κ3) is 9.99. The fourth-order valence-electron chi connectivity index (χ4n) is 0.493. The van der Waals surface area contributed by atoms with Gasteiger partial charge in [0.15, 0.2) is 0 Å². The van der Waals surface area contributed by atoms with Crippen molar-refractivity contribution in [3.63, 3.8) is 0 Å². The molecule has 0 aliphatic carbocycles. The summed E-state index contributed by atoms with van der Waals surface area (Å²) < 4.78 is 14.0. The number of hydrogen-bond acceptors (Lipinski definition) is 5. The molecule has 0 spiro atoms. The van der Waals surface area contributed by atoms with E-state index in [0.29, 0.717) is 0 Å². The summed E-state index contributed by atoms with van der Waals surface area (Å²) in [7, 11) is -4.49. The van der Waals surface area contributed by atoms with E-state index < -0.39 is 20.2 Å². The van der Waals surface area contributed by atoms with Crippen LogP contribution in [0, 0.1) is 0 Å². The largest absolute Gasteiger partial charge is 0.469 e. The molecule has 0 aromatic rings. The molecule has 0 saturated heterocycles. The van der Waals surface area contributed by atoms with Crippen molar-refractivity contribution in [3.8, 4) is 0 Å². The van der Waals surface area contributed by atoms with Crippen molar-refractivity contribution in [1.29, 1.82) is 0 Å². The van der Waals surface area contributed by atoms with Gasteiger partial charge in [-0.2, -0.15) is 0 Å².